The molecule has 2 aromatic heterocycles. The van der Waals surface area contributed by atoms with Gasteiger partial charge >= 0.3 is 12.2 Å². The van der Waals surface area contributed by atoms with Crippen LogP contribution in [0, 0.1) is 11.7 Å². The van der Waals surface area contributed by atoms with E-state index in [1.54, 1.807) is 12.1 Å². The highest BCUT2D eigenvalue weighted by Crippen LogP contribution is 2.37. The minimum atomic E-state index is -4.69. The van der Waals surface area contributed by atoms with Gasteiger partial charge in [0, 0.05) is 56.8 Å². The molecule has 2 saturated heterocycles. The summed E-state index contributed by atoms with van der Waals surface area (Å²) >= 11 is 0. The summed E-state index contributed by atoms with van der Waals surface area (Å²) in [5.74, 6) is -3.17. The summed E-state index contributed by atoms with van der Waals surface area (Å²) in [6.45, 7) is 3.06. The number of piperazine rings is 1. The number of carbonyl (C=O) groups is 5. The monoisotopic (exact) mass is 791 g/mol. The van der Waals surface area contributed by atoms with E-state index < -0.39 is 47.3 Å². The van der Waals surface area contributed by atoms with Gasteiger partial charge in [-0.15, -0.1) is 0 Å². The lowest BCUT2D eigenvalue weighted by Gasteiger charge is -2.39. The van der Waals surface area contributed by atoms with Gasteiger partial charge in [-0.3, -0.25) is 34.1 Å². The summed E-state index contributed by atoms with van der Waals surface area (Å²) in [5.41, 5.74) is -0.943. The number of benzene rings is 2. The second-order valence-corrected chi connectivity index (χ2v) is 14.5. The molecule has 2 aromatic carbocycles. The molecule has 1 aliphatic carbocycles. The van der Waals surface area contributed by atoms with E-state index >= 15 is 4.39 Å². The molecule has 6 amide bonds. The number of rotatable bonds is 8. The molecule has 8 rings (SSSR count). The molecule has 19 heteroatoms. The van der Waals surface area contributed by atoms with Gasteiger partial charge in [-0.2, -0.15) is 23.3 Å². The summed E-state index contributed by atoms with van der Waals surface area (Å²) < 4.78 is 62.8. The SMILES string of the molecule is COc1cc2nn(C3CCC(CN4CCN(c5ccc6c(c5F)C(=O)N(N5CCC(=O)NC5=O)C6=O)CC4)CC3)cc2cc1NC(=O)c1cccc(C(F)(F)F)n1. The normalized spacial score (nSPS) is 20.6. The third-order valence-corrected chi connectivity index (χ3v) is 11.0. The van der Waals surface area contributed by atoms with Crippen molar-refractivity contribution in [1.82, 2.24) is 35.0 Å². The molecule has 5 heterocycles. The first-order valence-electron chi connectivity index (χ1n) is 18.5. The number of halogens is 4. The number of pyridine rings is 1. The van der Waals surface area contributed by atoms with Crippen molar-refractivity contribution in [3.8, 4) is 5.75 Å². The van der Waals surface area contributed by atoms with Gasteiger partial charge < -0.3 is 15.0 Å². The van der Waals surface area contributed by atoms with Crippen LogP contribution in [0.3, 0.4) is 0 Å². The molecule has 4 aliphatic rings. The quantitative estimate of drug-likeness (QED) is 0.186. The molecule has 0 atom stereocenters. The first-order valence-corrected chi connectivity index (χ1v) is 18.5. The number of anilines is 2. The third-order valence-electron chi connectivity index (χ3n) is 11.0. The number of hydrazine groups is 1. The molecule has 3 aliphatic heterocycles. The zero-order valence-electron chi connectivity index (χ0n) is 30.6. The van der Waals surface area contributed by atoms with Crippen molar-refractivity contribution in [2.24, 2.45) is 5.92 Å². The molecule has 15 nitrogen and oxygen atoms in total. The molecule has 57 heavy (non-hydrogen) atoms. The summed E-state index contributed by atoms with van der Waals surface area (Å²) in [6.07, 6.45) is 0.809. The fourth-order valence-corrected chi connectivity index (χ4v) is 8.03. The Morgan fingerprint density at radius 1 is 0.965 bits per heavy atom. The highest BCUT2D eigenvalue weighted by atomic mass is 19.4. The van der Waals surface area contributed by atoms with Gasteiger partial charge in [-0.05, 0) is 61.9 Å². The third kappa shape index (κ3) is 7.22. The second-order valence-electron chi connectivity index (χ2n) is 14.5. The van der Waals surface area contributed by atoms with Crippen molar-refractivity contribution in [2.45, 2.75) is 44.3 Å². The molecule has 1 saturated carbocycles. The average molecular weight is 792 g/mol. The zero-order chi connectivity index (χ0) is 40.2. The maximum atomic E-state index is 15.9. The lowest BCUT2D eigenvalue weighted by molar-refractivity contribution is -0.141. The van der Waals surface area contributed by atoms with Crippen molar-refractivity contribution in [3.63, 3.8) is 0 Å². The van der Waals surface area contributed by atoms with E-state index in [9.17, 15) is 37.1 Å². The molecule has 3 fully saturated rings. The number of nitrogens with zero attached hydrogens (tertiary/aromatic N) is 7. The topological polar surface area (TPSA) is 162 Å². The highest BCUT2D eigenvalue weighted by molar-refractivity contribution is 6.22. The van der Waals surface area contributed by atoms with Gasteiger partial charge in [0.15, 0.2) is 5.82 Å². The van der Waals surface area contributed by atoms with Crippen molar-refractivity contribution in [2.75, 3.05) is 56.6 Å². The van der Waals surface area contributed by atoms with E-state index in [-0.39, 0.29) is 47.2 Å². The number of nitrogens with one attached hydrogen (secondary N) is 2. The number of aromatic nitrogens is 3. The van der Waals surface area contributed by atoms with Gasteiger partial charge in [0.2, 0.25) is 5.91 Å². The minimum Gasteiger partial charge on any atom is -0.494 e. The number of hydrogen-bond donors (Lipinski definition) is 2. The van der Waals surface area contributed by atoms with Gasteiger partial charge in [-0.25, -0.2) is 19.2 Å². The molecule has 0 bridgehead atoms. The predicted molar refractivity (Wildman–Crippen MR) is 195 cm³/mol. The number of urea groups is 1. The summed E-state index contributed by atoms with van der Waals surface area (Å²) in [4.78, 5) is 70.7. The van der Waals surface area contributed by atoms with E-state index in [2.05, 4.69) is 20.5 Å². The number of imide groups is 2. The van der Waals surface area contributed by atoms with Gasteiger partial charge in [0.1, 0.15) is 17.1 Å². The highest BCUT2D eigenvalue weighted by Gasteiger charge is 2.45. The van der Waals surface area contributed by atoms with Crippen LogP contribution in [0.25, 0.3) is 10.9 Å². The van der Waals surface area contributed by atoms with Gasteiger partial charge in [0.05, 0.1) is 47.7 Å². The maximum Gasteiger partial charge on any atom is 0.433 e. The Morgan fingerprint density at radius 2 is 1.72 bits per heavy atom. The number of alkyl halides is 3. The molecular weight excluding hydrogens is 754 g/mol. The van der Waals surface area contributed by atoms with Crippen molar-refractivity contribution >= 4 is 51.9 Å². The van der Waals surface area contributed by atoms with Crippen LogP contribution in [-0.4, -0.2) is 106 Å². The fourth-order valence-electron chi connectivity index (χ4n) is 8.03. The summed E-state index contributed by atoms with van der Waals surface area (Å²) in [6, 6.07) is 8.60. The molecule has 0 radical (unpaired) electrons. The van der Waals surface area contributed by atoms with Crippen molar-refractivity contribution < 1.29 is 46.3 Å². The fraction of sp³-hybridized carbons (Fsp3) is 0.395. The summed E-state index contributed by atoms with van der Waals surface area (Å²) in [5, 5.41) is 11.6. The van der Waals surface area contributed by atoms with Crippen LogP contribution >= 0.6 is 0 Å². The summed E-state index contributed by atoms with van der Waals surface area (Å²) in [7, 11) is 1.42. The van der Waals surface area contributed by atoms with Gasteiger partial charge in [0.25, 0.3) is 17.7 Å². The number of fused-ring (bicyclic) bond motifs is 2. The van der Waals surface area contributed by atoms with E-state index in [0.29, 0.717) is 48.4 Å². The van der Waals surface area contributed by atoms with Crippen LogP contribution in [0.15, 0.2) is 48.7 Å². The first kappa shape index (κ1) is 37.8. The largest absolute Gasteiger partial charge is 0.494 e. The molecular formula is C38H37F4N9O6. The Hall–Kier alpha value is -6.11. The number of methoxy groups -OCH3 is 1. The van der Waals surface area contributed by atoms with Crippen LogP contribution in [0.1, 0.15) is 75.0 Å². The van der Waals surface area contributed by atoms with Crippen LogP contribution in [-0.2, 0) is 11.0 Å². The number of carbonyl (C=O) groups excluding carboxylic acids is 5. The second kappa shape index (κ2) is 14.8. The van der Waals surface area contributed by atoms with Crippen LogP contribution in [0.5, 0.6) is 5.75 Å². The van der Waals surface area contributed by atoms with Crippen LogP contribution in [0.4, 0.5) is 33.7 Å². The minimum absolute atomic E-state index is 0.0972. The predicted octanol–water partition coefficient (Wildman–Crippen LogP) is 4.86. The zero-order valence-corrected chi connectivity index (χ0v) is 30.6. The average Bonchev–Trinajstić information content (AvgIpc) is 3.72. The van der Waals surface area contributed by atoms with Crippen molar-refractivity contribution in [1.29, 1.82) is 0 Å². The Bertz CT molecular complexity index is 2300. The standard InChI is InChI=1S/C38H37F4N9O6/c1-57-29-18-26-22(17-27(29)44-34(53)25-3-2-4-30(43-25)38(40,41)42)20-49(46-26)23-7-5-21(6-8-23)19-47-13-15-48(16-14-47)28-10-9-24-32(33(28)39)36(55)51(35(24)54)50-12-11-31(52)45-37(50)56/h2-4,9-10,17-18,20-21,23H,5-8,11-16,19H2,1H3,(H,44,53)(H,45,52,56). The molecule has 0 spiro atoms. The molecule has 2 N–H and O–H groups in total. The lowest BCUT2D eigenvalue weighted by Crippen LogP contribution is -2.58. The Labute approximate surface area is 322 Å². The number of ether oxygens (including phenoxy) is 1. The van der Waals surface area contributed by atoms with Gasteiger partial charge in [-0.1, -0.05) is 6.07 Å². The number of hydrogen-bond acceptors (Lipinski definition) is 10. The Balaban J connectivity index is 0.854. The molecule has 0 unspecified atom stereocenters. The first-order chi connectivity index (χ1) is 27.3. The lowest BCUT2D eigenvalue weighted by atomic mass is 9.85. The number of amides is 6. The Morgan fingerprint density at radius 3 is 2.42 bits per heavy atom. The van der Waals surface area contributed by atoms with E-state index in [1.165, 1.54) is 25.3 Å². The maximum absolute atomic E-state index is 15.9. The van der Waals surface area contributed by atoms with E-state index in [1.807, 2.05) is 15.8 Å². The Kier molecular flexibility index (Phi) is 9.79. The van der Waals surface area contributed by atoms with Crippen LogP contribution in [0.2, 0.25) is 0 Å². The van der Waals surface area contributed by atoms with E-state index in [4.69, 9.17) is 9.84 Å². The molecule has 298 valence electrons. The van der Waals surface area contributed by atoms with Crippen LogP contribution < -0.4 is 20.3 Å². The van der Waals surface area contributed by atoms with Crippen molar-refractivity contribution in [3.05, 3.63) is 77.0 Å². The molecule has 4 aromatic rings. The smallest absolute Gasteiger partial charge is 0.433 e. The van der Waals surface area contributed by atoms with E-state index in [0.717, 1.165) is 54.8 Å².